The molecule has 0 radical (unpaired) electrons. The number of benzene rings is 3. The lowest BCUT2D eigenvalue weighted by atomic mass is 10.1. The fourth-order valence-electron chi connectivity index (χ4n) is 4.65. The molecular formula is C27H18N5O5+. The number of aromatic nitrogens is 4. The first-order valence-corrected chi connectivity index (χ1v) is 11.3. The van der Waals surface area contributed by atoms with E-state index in [-0.39, 0.29) is 32.5 Å². The maximum absolute atomic E-state index is 14.0. The number of para-hydroxylation sites is 2. The SMILES string of the molecule is Cn1c(=O)c2cc3cc([N+](=O)O)ccc3nc2c2c(=O)n(-c3ccccc3)c(=O)n(-c3ccccc3)c21. The van der Waals surface area contributed by atoms with Crippen molar-refractivity contribution >= 4 is 38.5 Å². The molecule has 0 atom stereocenters. The second-order valence-corrected chi connectivity index (χ2v) is 8.53. The van der Waals surface area contributed by atoms with Crippen LogP contribution in [0.3, 0.4) is 0 Å². The zero-order chi connectivity index (χ0) is 25.8. The van der Waals surface area contributed by atoms with Crippen LogP contribution >= 0.6 is 0 Å². The minimum absolute atomic E-state index is 0.0318. The average molecular weight is 492 g/mol. The van der Waals surface area contributed by atoms with E-state index in [1.807, 2.05) is 0 Å². The Morgan fingerprint density at radius 2 is 1.41 bits per heavy atom. The van der Waals surface area contributed by atoms with E-state index in [1.54, 1.807) is 60.7 Å². The number of fused-ring (bicyclic) bond motifs is 4. The van der Waals surface area contributed by atoms with Crippen LogP contribution in [-0.2, 0) is 7.05 Å². The first kappa shape index (κ1) is 22.1. The molecule has 10 heteroatoms. The molecule has 180 valence electrons. The summed E-state index contributed by atoms with van der Waals surface area (Å²) in [5.41, 5.74) is -0.291. The Hall–Kier alpha value is -5.38. The van der Waals surface area contributed by atoms with E-state index in [0.29, 0.717) is 22.3 Å². The van der Waals surface area contributed by atoms with Crippen molar-refractivity contribution in [2.24, 2.45) is 7.05 Å². The molecule has 3 aromatic heterocycles. The third-order valence-corrected chi connectivity index (χ3v) is 6.37. The van der Waals surface area contributed by atoms with E-state index in [4.69, 9.17) is 0 Å². The van der Waals surface area contributed by atoms with Crippen molar-refractivity contribution in [3.8, 4) is 11.4 Å². The van der Waals surface area contributed by atoms with Crippen LogP contribution in [0, 0.1) is 4.91 Å². The van der Waals surface area contributed by atoms with Gasteiger partial charge >= 0.3 is 11.4 Å². The fraction of sp³-hybridized carbons (Fsp3) is 0.0370. The molecule has 0 unspecified atom stereocenters. The molecule has 1 N–H and O–H groups in total. The van der Waals surface area contributed by atoms with Gasteiger partial charge in [0.1, 0.15) is 11.0 Å². The van der Waals surface area contributed by atoms with Gasteiger partial charge in [-0.25, -0.2) is 24.1 Å². The monoisotopic (exact) mass is 492 g/mol. The van der Waals surface area contributed by atoms with Crippen LogP contribution in [0.4, 0.5) is 5.69 Å². The summed E-state index contributed by atoms with van der Waals surface area (Å²) < 4.78 is 3.65. The van der Waals surface area contributed by atoms with E-state index >= 15 is 0 Å². The van der Waals surface area contributed by atoms with E-state index in [2.05, 4.69) is 4.98 Å². The largest absolute Gasteiger partial charge is 0.341 e. The number of nitrogens with zero attached hydrogens (tertiary/aromatic N) is 5. The minimum Gasteiger partial charge on any atom is -0.296 e. The van der Waals surface area contributed by atoms with Crippen molar-refractivity contribution in [2.45, 2.75) is 0 Å². The van der Waals surface area contributed by atoms with Crippen LogP contribution in [0.5, 0.6) is 0 Å². The summed E-state index contributed by atoms with van der Waals surface area (Å²) in [4.78, 5) is 57.1. The molecule has 3 aromatic carbocycles. The minimum atomic E-state index is -0.631. The maximum atomic E-state index is 14.0. The number of rotatable bonds is 3. The molecule has 0 aliphatic heterocycles. The van der Waals surface area contributed by atoms with E-state index in [1.165, 1.54) is 40.4 Å². The third kappa shape index (κ3) is 3.27. The van der Waals surface area contributed by atoms with Crippen LogP contribution in [0.2, 0.25) is 0 Å². The fourth-order valence-corrected chi connectivity index (χ4v) is 4.65. The second-order valence-electron chi connectivity index (χ2n) is 8.53. The number of hydrogen-bond donors (Lipinski definition) is 1. The Bertz CT molecular complexity index is 2080. The van der Waals surface area contributed by atoms with Gasteiger partial charge in [0.15, 0.2) is 0 Å². The second kappa shape index (κ2) is 8.09. The molecule has 0 saturated carbocycles. The van der Waals surface area contributed by atoms with Crippen molar-refractivity contribution in [3.63, 3.8) is 0 Å². The van der Waals surface area contributed by atoms with Crippen molar-refractivity contribution < 1.29 is 10.1 Å². The van der Waals surface area contributed by atoms with Gasteiger partial charge in [0, 0.05) is 24.6 Å². The van der Waals surface area contributed by atoms with Crippen molar-refractivity contribution in [2.75, 3.05) is 0 Å². The third-order valence-electron chi connectivity index (χ3n) is 6.37. The molecule has 0 fully saturated rings. The quantitative estimate of drug-likeness (QED) is 0.230. The van der Waals surface area contributed by atoms with Gasteiger partial charge in [-0.2, -0.15) is 0 Å². The molecule has 6 aromatic rings. The topological polar surface area (TPSA) is 119 Å². The highest BCUT2D eigenvalue weighted by Gasteiger charge is 2.23. The van der Waals surface area contributed by atoms with Crippen LogP contribution < -0.4 is 16.8 Å². The summed E-state index contributed by atoms with van der Waals surface area (Å²) >= 11 is 0. The summed E-state index contributed by atoms with van der Waals surface area (Å²) in [5, 5.41) is 9.93. The molecular weight excluding hydrogens is 474 g/mol. The summed E-state index contributed by atoms with van der Waals surface area (Å²) in [6.07, 6.45) is 0. The lowest BCUT2D eigenvalue weighted by Gasteiger charge is -2.17. The van der Waals surface area contributed by atoms with E-state index in [0.717, 1.165) is 4.57 Å². The average Bonchev–Trinajstić information content (AvgIpc) is 2.91. The van der Waals surface area contributed by atoms with Gasteiger partial charge in [-0.05, 0) is 36.4 Å². The summed E-state index contributed by atoms with van der Waals surface area (Å²) in [6.45, 7) is 0. The standard InChI is InChI=1S/C27H18N5O5/c1-29-24-22(23-20(25(29)33)15-16-14-19(32(36)37)12-13-21(16)28-23)26(34)31(18-10-6-3-7-11-18)27(35)30(24)17-8-4-2-5-9-17/h2-15H,1H3,(H,36,37)/q+1. The van der Waals surface area contributed by atoms with Crippen molar-refractivity contribution in [3.05, 3.63) is 121 Å². The molecule has 3 heterocycles. The van der Waals surface area contributed by atoms with Gasteiger partial charge in [0.25, 0.3) is 16.0 Å². The van der Waals surface area contributed by atoms with E-state index in [9.17, 15) is 24.5 Å². The highest BCUT2D eigenvalue weighted by Crippen LogP contribution is 2.26. The molecule has 0 saturated heterocycles. The molecule has 0 aliphatic rings. The number of aryl methyl sites for hydroxylation is 1. The smallest absolute Gasteiger partial charge is 0.296 e. The van der Waals surface area contributed by atoms with E-state index < -0.39 is 16.8 Å². The van der Waals surface area contributed by atoms with Crippen LogP contribution in [0.25, 0.3) is 44.2 Å². The Kier molecular flexibility index (Phi) is 4.83. The van der Waals surface area contributed by atoms with Gasteiger partial charge < -0.3 is 0 Å². The molecule has 10 nitrogen and oxygen atoms in total. The Labute approximate surface area is 207 Å². The van der Waals surface area contributed by atoms with Gasteiger partial charge in [0.05, 0.1) is 32.7 Å². The zero-order valence-corrected chi connectivity index (χ0v) is 19.4. The molecule has 0 aliphatic carbocycles. The van der Waals surface area contributed by atoms with Crippen LogP contribution in [-0.4, -0.2) is 28.8 Å². The van der Waals surface area contributed by atoms with Crippen molar-refractivity contribution in [1.29, 1.82) is 0 Å². The molecule has 0 bridgehead atoms. The molecule has 0 spiro atoms. The van der Waals surface area contributed by atoms with Crippen molar-refractivity contribution in [1.82, 2.24) is 18.7 Å². The zero-order valence-electron chi connectivity index (χ0n) is 19.4. The molecule has 37 heavy (non-hydrogen) atoms. The normalized spacial score (nSPS) is 11.4. The van der Waals surface area contributed by atoms with Gasteiger partial charge in [-0.15, -0.1) is 0 Å². The first-order chi connectivity index (χ1) is 17.9. The van der Waals surface area contributed by atoms with Crippen LogP contribution in [0.15, 0.2) is 99.3 Å². The van der Waals surface area contributed by atoms with Crippen LogP contribution in [0.1, 0.15) is 0 Å². The lowest BCUT2D eigenvalue weighted by molar-refractivity contribution is -0.729. The predicted molar refractivity (Wildman–Crippen MR) is 138 cm³/mol. The van der Waals surface area contributed by atoms with Gasteiger partial charge in [0.2, 0.25) is 0 Å². The summed E-state index contributed by atoms with van der Waals surface area (Å²) in [7, 11) is 1.49. The highest BCUT2D eigenvalue weighted by molar-refractivity contribution is 6.06. The Morgan fingerprint density at radius 3 is 2.03 bits per heavy atom. The maximum Gasteiger partial charge on any atom is 0.341 e. The number of pyridine rings is 2. The van der Waals surface area contributed by atoms with Gasteiger partial charge in [-0.1, -0.05) is 36.4 Å². The predicted octanol–water partition coefficient (Wildman–Crippen LogP) is 3.34. The Balaban J connectivity index is 1.89. The Morgan fingerprint density at radius 1 is 0.784 bits per heavy atom. The highest BCUT2D eigenvalue weighted by atomic mass is 16.6. The lowest BCUT2D eigenvalue weighted by Crippen LogP contribution is -2.40. The van der Waals surface area contributed by atoms with Gasteiger partial charge in [-0.3, -0.25) is 14.2 Å². The summed E-state index contributed by atoms with van der Waals surface area (Å²) in [5.74, 6) is 0. The summed E-state index contributed by atoms with van der Waals surface area (Å²) in [6, 6.07) is 23.1. The molecule has 0 amide bonds. The first-order valence-electron chi connectivity index (χ1n) is 11.3. The molecule has 6 rings (SSSR count). The number of hydrogen-bond acceptors (Lipinski definition) is 5.